The number of carbonyl (C=O) groups is 2. The number of pyridine rings is 1. The first-order valence-corrected chi connectivity index (χ1v) is 11.0. The SMILES string of the molecule is CCc1ccc(N2CC(C(=O)N3CCN(c4ncc(Cl)cc4Cl)CC3)CC2=O)cc1. The number of piperazine rings is 1. The van der Waals surface area contributed by atoms with E-state index >= 15 is 0 Å². The summed E-state index contributed by atoms with van der Waals surface area (Å²) in [7, 11) is 0. The molecule has 1 aromatic carbocycles. The first-order valence-electron chi connectivity index (χ1n) is 10.2. The van der Waals surface area contributed by atoms with Crippen molar-refractivity contribution in [2.45, 2.75) is 19.8 Å². The molecule has 2 amide bonds. The third kappa shape index (κ3) is 4.25. The molecule has 8 heteroatoms. The Labute approximate surface area is 186 Å². The molecule has 0 bridgehead atoms. The van der Waals surface area contributed by atoms with Gasteiger partial charge in [0.05, 0.1) is 16.0 Å². The summed E-state index contributed by atoms with van der Waals surface area (Å²) in [6.45, 7) is 4.98. The lowest BCUT2D eigenvalue weighted by Gasteiger charge is -2.36. The van der Waals surface area contributed by atoms with Gasteiger partial charge in [0.25, 0.3) is 0 Å². The number of aryl methyl sites for hydroxylation is 1. The second-order valence-corrected chi connectivity index (χ2v) is 8.54. The zero-order chi connectivity index (χ0) is 21.3. The summed E-state index contributed by atoms with van der Waals surface area (Å²) in [5.74, 6) is 0.442. The molecule has 1 unspecified atom stereocenters. The van der Waals surface area contributed by atoms with E-state index in [-0.39, 0.29) is 24.2 Å². The lowest BCUT2D eigenvalue weighted by molar-refractivity contribution is -0.136. The van der Waals surface area contributed by atoms with E-state index in [4.69, 9.17) is 23.2 Å². The van der Waals surface area contributed by atoms with Gasteiger partial charge in [0.15, 0.2) is 0 Å². The maximum absolute atomic E-state index is 13.0. The number of rotatable bonds is 4. The van der Waals surface area contributed by atoms with E-state index < -0.39 is 0 Å². The molecule has 2 aliphatic rings. The highest BCUT2D eigenvalue weighted by Crippen LogP contribution is 2.29. The molecule has 4 rings (SSSR count). The Morgan fingerprint density at radius 2 is 1.83 bits per heavy atom. The Morgan fingerprint density at radius 1 is 1.13 bits per heavy atom. The molecule has 2 aromatic rings. The van der Waals surface area contributed by atoms with Gasteiger partial charge in [-0.1, -0.05) is 42.3 Å². The smallest absolute Gasteiger partial charge is 0.228 e. The van der Waals surface area contributed by atoms with Crippen LogP contribution in [0.4, 0.5) is 11.5 Å². The molecule has 0 radical (unpaired) electrons. The van der Waals surface area contributed by atoms with Crippen LogP contribution in [0.5, 0.6) is 0 Å². The number of carbonyl (C=O) groups excluding carboxylic acids is 2. The Kier molecular flexibility index (Phi) is 6.16. The van der Waals surface area contributed by atoms with Crippen LogP contribution < -0.4 is 9.80 Å². The van der Waals surface area contributed by atoms with Crippen molar-refractivity contribution < 1.29 is 9.59 Å². The van der Waals surface area contributed by atoms with Crippen LogP contribution in [0.25, 0.3) is 0 Å². The highest BCUT2D eigenvalue weighted by molar-refractivity contribution is 6.36. The summed E-state index contributed by atoms with van der Waals surface area (Å²) in [4.78, 5) is 35.6. The van der Waals surface area contributed by atoms with Crippen molar-refractivity contribution in [1.82, 2.24) is 9.88 Å². The topological polar surface area (TPSA) is 56.8 Å². The highest BCUT2D eigenvalue weighted by Gasteiger charge is 2.38. The lowest BCUT2D eigenvalue weighted by Crippen LogP contribution is -2.51. The Bertz CT molecular complexity index is 943. The van der Waals surface area contributed by atoms with Crippen LogP contribution in [0.1, 0.15) is 18.9 Å². The molecule has 6 nitrogen and oxygen atoms in total. The number of benzene rings is 1. The number of aromatic nitrogens is 1. The summed E-state index contributed by atoms with van der Waals surface area (Å²) in [6, 6.07) is 9.67. The predicted octanol–water partition coefficient (Wildman–Crippen LogP) is 3.65. The molecule has 1 atom stereocenters. The van der Waals surface area contributed by atoms with E-state index in [2.05, 4.69) is 16.8 Å². The predicted molar refractivity (Wildman–Crippen MR) is 119 cm³/mol. The first-order chi connectivity index (χ1) is 14.5. The van der Waals surface area contributed by atoms with Crippen LogP contribution in [-0.2, 0) is 16.0 Å². The van der Waals surface area contributed by atoms with E-state index in [0.29, 0.717) is 48.6 Å². The Hall–Kier alpha value is -2.31. The molecule has 158 valence electrons. The quantitative estimate of drug-likeness (QED) is 0.718. The van der Waals surface area contributed by atoms with Gasteiger partial charge in [0.2, 0.25) is 11.8 Å². The molecular weight excluding hydrogens is 423 g/mol. The number of halogens is 2. The second-order valence-electron chi connectivity index (χ2n) is 7.70. The van der Waals surface area contributed by atoms with Gasteiger partial charge in [0.1, 0.15) is 5.82 Å². The Morgan fingerprint density at radius 3 is 2.47 bits per heavy atom. The second kappa shape index (κ2) is 8.82. The molecule has 2 fully saturated rings. The van der Waals surface area contributed by atoms with Gasteiger partial charge < -0.3 is 14.7 Å². The van der Waals surface area contributed by atoms with Crippen molar-refractivity contribution in [2.75, 3.05) is 42.5 Å². The normalized spacial score (nSPS) is 19.5. The van der Waals surface area contributed by atoms with Crippen LogP contribution in [0.2, 0.25) is 10.0 Å². The largest absolute Gasteiger partial charge is 0.352 e. The van der Waals surface area contributed by atoms with Crippen molar-refractivity contribution in [3.63, 3.8) is 0 Å². The van der Waals surface area contributed by atoms with Crippen LogP contribution in [0.3, 0.4) is 0 Å². The van der Waals surface area contributed by atoms with Gasteiger partial charge in [-0.2, -0.15) is 0 Å². The molecule has 2 saturated heterocycles. The molecular formula is C22H24Cl2N4O2. The summed E-state index contributed by atoms with van der Waals surface area (Å²) in [5.41, 5.74) is 2.09. The average molecular weight is 447 g/mol. The van der Waals surface area contributed by atoms with Gasteiger partial charge in [-0.15, -0.1) is 0 Å². The maximum atomic E-state index is 13.0. The monoisotopic (exact) mass is 446 g/mol. The van der Waals surface area contributed by atoms with Crippen molar-refractivity contribution >= 4 is 46.5 Å². The fourth-order valence-corrected chi connectivity index (χ4v) is 4.57. The molecule has 0 aliphatic carbocycles. The van der Waals surface area contributed by atoms with Crippen LogP contribution in [0, 0.1) is 5.92 Å². The number of amides is 2. The van der Waals surface area contributed by atoms with E-state index in [1.54, 1.807) is 17.2 Å². The molecule has 0 saturated carbocycles. The van der Waals surface area contributed by atoms with Gasteiger partial charge in [-0.05, 0) is 30.2 Å². The third-order valence-corrected chi connectivity index (χ3v) is 6.29. The average Bonchev–Trinajstić information content (AvgIpc) is 3.15. The molecule has 30 heavy (non-hydrogen) atoms. The minimum atomic E-state index is -0.299. The summed E-state index contributed by atoms with van der Waals surface area (Å²) in [6.07, 6.45) is 2.79. The summed E-state index contributed by atoms with van der Waals surface area (Å²) in [5, 5.41) is 1.01. The standard InChI is InChI=1S/C22H24Cl2N4O2/c1-2-15-3-5-18(6-4-15)28-14-16(11-20(28)29)22(30)27-9-7-26(8-10-27)21-19(24)12-17(23)13-25-21/h3-6,12-13,16H,2,7-11,14H2,1H3. The maximum Gasteiger partial charge on any atom is 0.228 e. The Balaban J connectivity index is 1.36. The van der Waals surface area contributed by atoms with Crippen molar-refractivity contribution in [3.8, 4) is 0 Å². The number of hydrogen-bond acceptors (Lipinski definition) is 4. The summed E-state index contributed by atoms with van der Waals surface area (Å²) < 4.78 is 0. The van der Waals surface area contributed by atoms with Crippen LogP contribution in [0.15, 0.2) is 36.5 Å². The van der Waals surface area contributed by atoms with E-state index in [0.717, 1.165) is 12.1 Å². The first kappa shape index (κ1) is 20.9. The van der Waals surface area contributed by atoms with Gasteiger partial charge in [0, 0.05) is 51.0 Å². The zero-order valence-electron chi connectivity index (χ0n) is 16.9. The highest BCUT2D eigenvalue weighted by atomic mass is 35.5. The fourth-order valence-electron chi connectivity index (χ4n) is 4.07. The van der Waals surface area contributed by atoms with E-state index in [1.165, 1.54) is 5.56 Å². The third-order valence-electron chi connectivity index (χ3n) is 5.81. The van der Waals surface area contributed by atoms with Crippen molar-refractivity contribution in [2.24, 2.45) is 5.92 Å². The van der Waals surface area contributed by atoms with E-state index in [9.17, 15) is 9.59 Å². The minimum absolute atomic E-state index is 0.00776. The molecule has 0 spiro atoms. The van der Waals surface area contributed by atoms with Gasteiger partial charge in [-0.3, -0.25) is 9.59 Å². The number of anilines is 2. The number of nitrogens with zero attached hydrogens (tertiary/aromatic N) is 4. The molecule has 3 heterocycles. The number of hydrogen-bond donors (Lipinski definition) is 0. The molecule has 0 N–H and O–H groups in total. The van der Waals surface area contributed by atoms with Crippen molar-refractivity contribution in [3.05, 3.63) is 52.1 Å². The minimum Gasteiger partial charge on any atom is -0.352 e. The van der Waals surface area contributed by atoms with Crippen molar-refractivity contribution in [1.29, 1.82) is 0 Å². The van der Waals surface area contributed by atoms with Gasteiger partial charge in [-0.25, -0.2) is 4.98 Å². The van der Waals surface area contributed by atoms with Crippen LogP contribution in [-0.4, -0.2) is 54.4 Å². The van der Waals surface area contributed by atoms with E-state index in [1.807, 2.05) is 29.2 Å². The fraction of sp³-hybridized carbons (Fsp3) is 0.409. The zero-order valence-corrected chi connectivity index (χ0v) is 18.4. The van der Waals surface area contributed by atoms with Crippen LogP contribution >= 0.6 is 23.2 Å². The summed E-state index contributed by atoms with van der Waals surface area (Å²) >= 11 is 12.2. The molecule has 2 aliphatic heterocycles. The van der Waals surface area contributed by atoms with Gasteiger partial charge >= 0.3 is 0 Å². The lowest BCUT2D eigenvalue weighted by atomic mass is 10.1. The molecule has 1 aromatic heterocycles.